The second-order valence-corrected chi connectivity index (χ2v) is 5.39. The van der Waals surface area contributed by atoms with Crippen molar-refractivity contribution in [3.8, 4) is 0 Å². The summed E-state index contributed by atoms with van der Waals surface area (Å²) in [6.45, 7) is 2.86. The highest BCUT2D eigenvalue weighted by Gasteiger charge is 2.32. The third-order valence-corrected chi connectivity index (χ3v) is 4.04. The number of carbonyl (C=O) groups is 2. The van der Waals surface area contributed by atoms with E-state index in [1.54, 1.807) is 15.9 Å². The maximum atomic E-state index is 11.9. The van der Waals surface area contributed by atoms with E-state index in [0.717, 1.165) is 5.56 Å². The van der Waals surface area contributed by atoms with Gasteiger partial charge >= 0.3 is 0 Å². The minimum atomic E-state index is -0.439. The fourth-order valence-electron chi connectivity index (χ4n) is 2.84. The van der Waals surface area contributed by atoms with Gasteiger partial charge in [0.15, 0.2) is 0 Å². The van der Waals surface area contributed by atoms with Crippen molar-refractivity contribution < 1.29 is 14.5 Å². The van der Waals surface area contributed by atoms with Gasteiger partial charge in [0.2, 0.25) is 11.8 Å². The van der Waals surface area contributed by atoms with Gasteiger partial charge in [0.05, 0.1) is 18.1 Å². The Balaban J connectivity index is 2.02. The highest BCUT2D eigenvalue weighted by Crippen LogP contribution is 2.37. The van der Waals surface area contributed by atoms with Crippen LogP contribution in [-0.4, -0.2) is 41.4 Å². The van der Waals surface area contributed by atoms with Gasteiger partial charge in [0.25, 0.3) is 5.69 Å². The van der Waals surface area contributed by atoms with Gasteiger partial charge in [0, 0.05) is 24.7 Å². The number of amides is 2. The summed E-state index contributed by atoms with van der Waals surface area (Å²) in [7, 11) is 0. The van der Waals surface area contributed by atoms with Crippen molar-refractivity contribution in [1.29, 1.82) is 0 Å². The third-order valence-electron chi connectivity index (χ3n) is 4.04. The molecule has 0 atom stereocenters. The predicted molar refractivity (Wildman–Crippen MR) is 79.6 cm³/mol. The van der Waals surface area contributed by atoms with Crippen LogP contribution in [0.1, 0.15) is 18.9 Å². The van der Waals surface area contributed by atoms with Crippen LogP contribution in [0.25, 0.3) is 0 Å². The van der Waals surface area contributed by atoms with E-state index in [-0.39, 0.29) is 24.0 Å². The molecule has 0 unspecified atom stereocenters. The molecule has 1 saturated heterocycles. The summed E-state index contributed by atoms with van der Waals surface area (Å²) >= 11 is 0. The largest absolute Gasteiger partial charge is 0.339 e. The zero-order valence-corrected chi connectivity index (χ0v) is 12.2. The van der Waals surface area contributed by atoms with E-state index in [4.69, 9.17) is 0 Å². The quantitative estimate of drug-likeness (QED) is 0.666. The normalized spacial score (nSPS) is 17.5. The number of nitrogens with one attached hydrogen (secondary N) is 1. The van der Waals surface area contributed by atoms with Gasteiger partial charge in [-0.15, -0.1) is 0 Å². The molecular formula is C14H16N4O4. The fraction of sp³-hybridized carbons (Fsp3) is 0.429. The van der Waals surface area contributed by atoms with E-state index in [0.29, 0.717) is 37.4 Å². The van der Waals surface area contributed by atoms with Crippen LogP contribution in [0.4, 0.5) is 17.1 Å². The van der Waals surface area contributed by atoms with E-state index in [1.165, 1.54) is 6.07 Å². The molecule has 0 spiro atoms. The summed E-state index contributed by atoms with van der Waals surface area (Å²) in [5.74, 6) is -0.154. The minimum absolute atomic E-state index is 0.0272. The van der Waals surface area contributed by atoms with Crippen molar-refractivity contribution in [3.63, 3.8) is 0 Å². The maximum Gasteiger partial charge on any atom is 0.293 e. The molecule has 2 aliphatic heterocycles. The second-order valence-electron chi connectivity index (χ2n) is 5.39. The van der Waals surface area contributed by atoms with Crippen LogP contribution >= 0.6 is 0 Å². The molecule has 116 valence electrons. The lowest BCUT2D eigenvalue weighted by molar-refractivity contribution is -0.384. The molecule has 0 bridgehead atoms. The SMILES string of the molecule is CCN1CN(c2cc3c(cc2[N+](=O)[O-])CCC(=O)N3)CC1=O. The van der Waals surface area contributed by atoms with E-state index in [1.807, 2.05) is 6.92 Å². The number of hydrogen-bond donors (Lipinski definition) is 1. The molecule has 1 fully saturated rings. The first-order valence-electron chi connectivity index (χ1n) is 7.13. The molecule has 0 aromatic heterocycles. The summed E-state index contributed by atoms with van der Waals surface area (Å²) in [5, 5.41) is 14.1. The second kappa shape index (κ2) is 5.28. The lowest BCUT2D eigenvalue weighted by Gasteiger charge is -2.22. The number of nitro benzene ring substituents is 1. The van der Waals surface area contributed by atoms with Crippen molar-refractivity contribution in [2.75, 3.05) is 30.0 Å². The van der Waals surface area contributed by atoms with Crippen molar-refractivity contribution in [1.82, 2.24) is 4.90 Å². The number of rotatable bonds is 3. The van der Waals surface area contributed by atoms with Crippen molar-refractivity contribution in [2.24, 2.45) is 0 Å². The molecule has 2 amide bonds. The summed E-state index contributed by atoms with van der Waals surface area (Å²) in [5.41, 5.74) is 1.70. The van der Waals surface area contributed by atoms with E-state index < -0.39 is 4.92 Å². The molecule has 0 radical (unpaired) electrons. The minimum Gasteiger partial charge on any atom is -0.339 e. The molecule has 1 aromatic rings. The Morgan fingerprint density at radius 3 is 2.73 bits per heavy atom. The zero-order valence-electron chi connectivity index (χ0n) is 12.2. The first-order chi connectivity index (χ1) is 10.5. The number of nitrogens with zero attached hydrogens (tertiary/aromatic N) is 3. The molecule has 8 heteroatoms. The van der Waals surface area contributed by atoms with E-state index in [2.05, 4.69) is 5.32 Å². The molecule has 1 aromatic carbocycles. The smallest absolute Gasteiger partial charge is 0.293 e. The average Bonchev–Trinajstić information content (AvgIpc) is 2.86. The number of anilines is 2. The first kappa shape index (κ1) is 14.3. The summed E-state index contributed by atoms with van der Waals surface area (Å²) in [4.78, 5) is 37.6. The predicted octanol–water partition coefficient (Wildman–Crippen LogP) is 1.11. The monoisotopic (exact) mass is 304 g/mol. The van der Waals surface area contributed by atoms with Crippen LogP contribution in [0.3, 0.4) is 0 Å². The molecule has 0 saturated carbocycles. The third kappa shape index (κ3) is 2.36. The van der Waals surface area contributed by atoms with Gasteiger partial charge < -0.3 is 15.1 Å². The number of carbonyl (C=O) groups excluding carboxylic acids is 2. The maximum absolute atomic E-state index is 11.9. The number of benzene rings is 1. The number of aryl methyl sites for hydroxylation is 1. The number of hydrogen-bond acceptors (Lipinski definition) is 5. The number of fused-ring (bicyclic) bond motifs is 1. The van der Waals surface area contributed by atoms with Crippen LogP contribution < -0.4 is 10.2 Å². The zero-order chi connectivity index (χ0) is 15.9. The van der Waals surface area contributed by atoms with Crippen LogP contribution in [-0.2, 0) is 16.0 Å². The highest BCUT2D eigenvalue weighted by atomic mass is 16.6. The van der Waals surface area contributed by atoms with E-state index >= 15 is 0 Å². The highest BCUT2D eigenvalue weighted by molar-refractivity contribution is 5.96. The molecule has 8 nitrogen and oxygen atoms in total. The molecule has 22 heavy (non-hydrogen) atoms. The summed E-state index contributed by atoms with van der Waals surface area (Å²) in [6.07, 6.45) is 0.817. The lowest BCUT2D eigenvalue weighted by atomic mass is 10.0. The van der Waals surface area contributed by atoms with Gasteiger partial charge in [-0.25, -0.2) is 0 Å². The van der Waals surface area contributed by atoms with Crippen molar-refractivity contribution in [2.45, 2.75) is 19.8 Å². The van der Waals surface area contributed by atoms with Crippen molar-refractivity contribution >= 4 is 28.9 Å². The molecule has 2 aliphatic rings. The Hall–Kier alpha value is -2.64. The van der Waals surface area contributed by atoms with Gasteiger partial charge in [-0.2, -0.15) is 0 Å². The van der Waals surface area contributed by atoms with Gasteiger partial charge in [0.1, 0.15) is 5.69 Å². The van der Waals surface area contributed by atoms with E-state index in [9.17, 15) is 19.7 Å². The lowest BCUT2D eigenvalue weighted by Crippen LogP contribution is -2.27. The first-order valence-corrected chi connectivity index (χ1v) is 7.13. The Morgan fingerprint density at radius 2 is 2.09 bits per heavy atom. The van der Waals surface area contributed by atoms with Crippen LogP contribution in [0.2, 0.25) is 0 Å². The number of nitro groups is 1. The average molecular weight is 304 g/mol. The standard InChI is InChI=1S/C14H16N4O4/c1-2-16-8-17(7-14(16)20)11-6-10-9(3-4-13(19)15-10)5-12(11)18(21)22/h5-6H,2-4,7-8H2,1H3,(H,15,19). The topological polar surface area (TPSA) is 95.8 Å². The Labute approximate surface area is 126 Å². The molecule has 2 heterocycles. The van der Waals surface area contributed by atoms with Gasteiger partial charge in [-0.05, 0) is 25.0 Å². The molecule has 3 rings (SSSR count). The number of likely N-dealkylation sites (N-methyl/N-ethyl adjacent to an activating group) is 1. The fourth-order valence-corrected chi connectivity index (χ4v) is 2.84. The van der Waals surface area contributed by atoms with Crippen molar-refractivity contribution in [3.05, 3.63) is 27.8 Å². The van der Waals surface area contributed by atoms with Crippen LogP contribution in [0, 0.1) is 10.1 Å². The molecular weight excluding hydrogens is 288 g/mol. The van der Waals surface area contributed by atoms with Crippen LogP contribution in [0.15, 0.2) is 12.1 Å². The Kier molecular flexibility index (Phi) is 3.44. The summed E-state index contributed by atoms with van der Waals surface area (Å²) < 4.78 is 0. The van der Waals surface area contributed by atoms with Gasteiger partial charge in [-0.3, -0.25) is 19.7 Å². The molecule has 0 aliphatic carbocycles. The Bertz CT molecular complexity index is 673. The summed E-state index contributed by atoms with van der Waals surface area (Å²) in [6, 6.07) is 3.11. The Morgan fingerprint density at radius 1 is 1.32 bits per heavy atom. The van der Waals surface area contributed by atoms with Crippen LogP contribution in [0.5, 0.6) is 0 Å². The van der Waals surface area contributed by atoms with Gasteiger partial charge in [-0.1, -0.05) is 0 Å². The molecule has 1 N–H and O–H groups in total.